The van der Waals surface area contributed by atoms with E-state index >= 15 is 0 Å². The van der Waals surface area contributed by atoms with Crippen LogP contribution in [0.2, 0.25) is 0 Å². The predicted octanol–water partition coefficient (Wildman–Crippen LogP) is 4.48. The predicted molar refractivity (Wildman–Crippen MR) is 161 cm³/mol. The maximum Gasteiger partial charge on any atom is 0.241 e. The highest BCUT2D eigenvalue weighted by Gasteiger charge is 2.44. The molecule has 0 aromatic heterocycles. The van der Waals surface area contributed by atoms with E-state index in [0.717, 1.165) is 34.2 Å². The normalized spacial score (nSPS) is 23.5. The Labute approximate surface area is 246 Å². The van der Waals surface area contributed by atoms with Gasteiger partial charge in [0, 0.05) is 53.4 Å². The maximum atomic E-state index is 13.6. The number of aliphatic hydroxyl groups is 1. The number of carbonyl (C=O) groups excluding carboxylic acids is 4. The number of amides is 2. The molecule has 2 N–H and O–H groups in total. The topological polar surface area (TPSA) is 107 Å². The fourth-order valence-corrected chi connectivity index (χ4v) is 7.49. The highest BCUT2D eigenvalue weighted by atomic mass is 32.2. The first-order valence-electron chi connectivity index (χ1n) is 14.0. The van der Waals surface area contributed by atoms with Crippen molar-refractivity contribution in [1.29, 1.82) is 0 Å². The number of allylic oxidation sites excluding steroid dienone is 1. The minimum absolute atomic E-state index is 0.00341. The van der Waals surface area contributed by atoms with Gasteiger partial charge in [-0.25, -0.2) is 0 Å². The SMILES string of the molecule is CC(=O)N1C(C=O)=C(S[C@H]2C[C@@H](C(=O)Nc3cccc(C=O)c3)N(Cc3cc(C)ccc3C)C2)[C@H](C)[C@@H]1C[C@@H](C)O. The van der Waals surface area contributed by atoms with Crippen LogP contribution >= 0.6 is 11.8 Å². The van der Waals surface area contributed by atoms with Gasteiger partial charge in [-0.3, -0.25) is 24.1 Å². The third-order valence-electron chi connectivity index (χ3n) is 8.00. The van der Waals surface area contributed by atoms with Crippen molar-refractivity contribution in [2.24, 2.45) is 5.92 Å². The van der Waals surface area contributed by atoms with Crippen molar-refractivity contribution in [3.8, 4) is 0 Å². The lowest BCUT2D eigenvalue weighted by Gasteiger charge is -2.28. The Balaban J connectivity index is 1.61. The van der Waals surface area contributed by atoms with E-state index in [1.165, 1.54) is 11.8 Å². The number of nitrogens with one attached hydrogen (secondary N) is 1. The molecule has 0 aliphatic carbocycles. The van der Waals surface area contributed by atoms with Gasteiger partial charge in [0.15, 0.2) is 6.29 Å². The molecule has 2 aliphatic rings. The minimum atomic E-state index is -0.619. The minimum Gasteiger partial charge on any atom is -0.393 e. The largest absolute Gasteiger partial charge is 0.393 e. The third kappa shape index (κ3) is 6.97. The van der Waals surface area contributed by atoms with Crippen molar-refractivity contribution >= 4 is 41.8 Å². The number of hydrogen-bond acceptors (Lipinski definition) is 7. The summed E-state index contributed by atoms with van der Waals surface area (Å²) in [5.41, 5.74) is 4.86. The molecule has 2 aromatic carbocycles. The number of anilines is 1. The molecule has 41 heavy (non-hydrogen) atoms. The van der Waals surface area contributed by atoms with Gasteiger partial charge in [0.25, 0.3) is 0 Å². The van der Waals surface area contributed by atoms with Crippen molar-refractivity contribution < 1.29 is 24.3 Å². The van der Waals surface area contributed by atoms with Gasteiger partial charge < -0.3 is 15.3 Å². The summed E-state index contributed by atoms with van der Waals surface area (Å²) in [4.78, 5) is 54.3. The molecule has 8 nitrogen and oxygen atoms in total. The smallest absolute Gasteiger partial charge is 0.241 e. The Hall–Kier alpha value is -3.27. The Morgan fingerprint density at radius 1 is 1.15 bits per heavy atom. The van der Waals surface area contributed by atoms with Gasteiger partial charge in [0.2, 0.25) is 11.8 Å². The van der Waals surface area contributed by atoms with E-state index in [1.54, 1.807) is 43.0 Å². The summed E-state index contributed by atoms with van der Waals surface area (Å²) in [5.74, 6) is -0.494. The summed E-state index contributed by atoms with van der Waals surface area (Å²) in [5, 5.41) is 13.1. The zero-order valence-corrected chi connectivity index (χ0v) is 25.1. The van der Waals surface area contributed by atoms with Gasteiger partial charge in [0.1, 0.15) is 6.29 Å². The molecule has 2 aromatic rings. The fourth-order valence-electron chi connectivity index (χ4n) is 5.95. The van der Waals surface area contributed by atoms with E-state index < -0.39 is 12.1 Å². The number of aliphatic hydroxyl groups excluding tert-OH is 1. The standard InChI is InChI=1S/C32H39N3O5S/c1-19-9-10-20(2)25(11-19)15-34-16-27(14-29(34)32(40)33-26-8-6-7-24(13-26)17-36)41-31-22(4)28(12-21(3)38)35(23(5)39)30(31)18-37/h6-11,13,17-18,21-22,27-29,38H,12,14-16H2,1-5H3,(H,33,40)/t21-,22-,27+,28+,29+/m1/s1. The molecule has 2 aliphatic heterocycles. The average Bonchev–Trinajstić information content (AvgIpc) is 3.44. The number of thioether (sulfide) groups is 1. The number of hydrogen-bond donors (Lipinski definition) is 2. The molecule has 1 saturated heterocycles. The number of benzene rings is 2. The van der Waals surface area contributed by atoms with E-state index in [1.807, 2.05) is 6.92 Å². The van der Waals surface area contributed by atoms with Crippen molar-refractivity contribution in [3.63, 3.8) is 0 Å². The highest BCUT2D eigenvalue weighted by Crippen LogP contribution is 2.45. The maximum absolute atomic E-state index is 13.6. The number of aryl methyl sites for hydroxylation is 2. The van der Waals surface area contributed by atoms with E-state index in [0.29, 0.717) is 42.9 Å². The number of carbonyl (C=O) groups is 4. The molecule has 2 heterocycles. The monoisotopic (exact) mass is 577 g/mol. The summed E-state index contributed by atoms with van der Waals surface area (Å²) >= 11 is 1.57. The van der Waals surface area contributed by atoms with Crippen molar-refractivity contribution in [2.75, 3.05) is 11.9 Å². The second-order valence-corrected chi connectivity index (χ2v) is 12.6. The molecule has 1 fully saturated rings. The molecular formula is C32H39N3O5S. The van der Waals surface area contributed by atoms with Gasteiger partial charge in [-0.05, 0) is 56.9 Å². The third-order valence-corrected chi connectivity index (χ3v) is 9.51. The van der Waals surface area contributed by atoms with E-state index in [-0.39, 0.29) is 29.0 Å². The van der Waals surface area contributed by atoms with Crippen LogP contribution in [-0.4, -0.2) is 69.3 Å². The first-order valence-corrected chi connectivity index (χ1v) is 14.9. The summed E-state index contributed by atoms with van der Waals surface area (Å²) < 4.78 is 0. The molecule has 0 saturated carbocycles. The van der Waals surface area contributed by atoms with Crippen molar-refractivity contribution in [3.05, 3.63) is 75.3 Å². The Bertz CT molecular complexity index is 1360. The van der Waals surface area contributed by atoms with Crippen LogP contribution in [0.5, 0.6) is 0 Å². The molecular weight excluding hydrogens is 538 g/mol. The first-order chi connectivity index (χ1) is 19.5. The summed E-state index contributed by atoms with van der Waals surface area (Å²) in [7, 11) is 0. The van der Waals surface area contributed by atoms with Crippen LogP contribution < -0.4 is 5.32 Å². The van der Waals surface area contributed by atoms with E-state index in [4.69, 9.17) is 0 Å². The zero-order chi connectivity index (χ0) is 29.8. The number of rotatable bonds is 10. The van der Waals surface area contributed by atoms with Crippen LogP contribution in [0.4, 0.5) is 5.69 Å². The fraction of sp³-hybridized carbons (Fsp3) is 0.438. The van der Waals surface area contributed by atoms with Gasteiger partial charge in [0.05, 0.1) is 17.8 Å². The van der Waals surface area contributed by atoms with Crippen LogP contribution in [-0.2, 0) is 20.9 Å². The molecule has 2 amide bonds. The van der Waals surface area contributed by atoms with E-state index in [9.17, 15) is 24.3 Å². The number of nitrogens with zero attached hydrogens (tertiary/aromatic N) is 2. The second kappa shape index (κ2) is 13.1. The molecule has 5 atom stereocenters. The second-order valence-electron chi connectivity index (χ2n) is 11.3. The lowest BCUT2D eigenvalue weighted by Crippen LogP contribution is -2.39. The average molecular weight is 578 g/mol. The quantitative estimate of drug-likeness (QED) is 0.401. The van der Waals surface area contributed by atoms with Crippen LogP contribution in [0.3, 0.4) is 0 Å². The Kier molecular flexibility index (Phi) is 9.84. The van der Waals surface area contributed by atoms with Crippen LogP contribution in [0.1, 0.15) is 60.7 Å². The Morgan fingerprint density at radius 3 is 2.56 bits per heavy atom. The molecule has 0 spiro atoms. The van der Waals surface area contributed by atoms with Crippen LogP contribution in [0.25, 0.3) is 0 Å². The molecule has 4 rings (SSSR count). The summed E-state index contributed by atoms with van der Waals surface area (Å²) in [6, 6.07) is 12.4. The molecule has 218 valence electrons. The lowest BCUT2D eigenvalue weighted by molar-refractivity contribution is -0.130. The van der Waals surface area contributed by atoms with Gasteiger partial charge in [-0.15, -0.1) is 11.8 Å². The highest BCUT2D eigenvalue weighted by molar-refractivity contribution is 8.03. The lowest BCUT2D eigenvalue weighted by atomic mass is 9.98. The molecule has 0 radical (unpaired) electrons. The number of aldehydes is 2. The van der Waals surface area contributed by atoms with Crippen LogP contribution in [0.15, 0.2) is 53.1 Å². The Morgan fingerprint density at radius 2 is 1.90 bits per heavy atom. The zero-order valence-electron chi connectivity index (χ0n) is 24.3. The molecule has 0 unspecified atom stereocenters. The van der Waals surface area contributed by atoms with Gasteiger partial charge in [-0.1, -0.05) is 42.8 Å². The van der Waals surface area contributed by atoms with Gasteiger partial charge in [-0.2, -0.15) is 0 Å². The van der Waals surface area contributed by atoms with Crippen LogP contribution in [0, 0.1) is 19.8 Å². The van der Waals surface area contributed by atoms with Crippen molar-refractivity contribution in [2.45, 2.75) is 77.4 Å². The first kappa shape index (κ1) is 30.7. The molecule has 9 heteroatoms. The summed E-state index contributed by atoms with van der Waals surface area (Å²) in [6.45, 7) is 10.5. The number of likely N-dealkylation sites (tertiary alicyclic amines) is 1. The van der Waals surface area contributed by atoms with E-state index in [2.05, 4.69) is 42.3 Å². The van der Waals surface area contributed by atoms with Crippen molar-refractivity contribution in [1.82, 2.24) is 9.80 Å². The molecule has 0 bridgehead atoms. The summed E-state index contributed by atoms with van der Waals surface area (Å²) in [6.07, 6.45) is 1.80. The van der Waals surface area contributed by atoms with Gasteiger partial charge >= 0.3 is 0 Å².